The molecule has 110 valence electrons. The molecule has 0 spiro atoms. The molecule has 21 heavy (non-hydrogen) atoms. The summed E-state index contributed by atoms with van der Waals surface area (Å²) >= 11 is 0. The number of benzene rings is 2. The lowest BCUT2D eigenvalue weighted by Gasteiger charge is -2.22. The summed E-state index contributed by atoms with van der Waals surface area (Å²) in [5.41, 5.74) is 7.41. The lowest BCUT2D eigenvalue weighted by molar-refractivity contribution is 0.318. The van der Waals surface area contributed by atoms with E-state index in [4.69, 9.17) is 15.7 Å². The highest BCUT2D eigenvalue weighted by Gasteiger charge is 2.13. The Balaban J connectivity index is 2.44. The van der Waals surface area contributed by atoms with Crippen molar-refractivity contribution >= 4 is 17.2 Å². The van der Waals surface area contributed by atoms with Crippen molar-refractivity contribution in [2.24, 2.45) is 10.9 Å². The molecule has 0 unspecified atom stereocenters. The van der Waals surface area contributed by atoms with Crippen LogP contribution in [0.3, 0.4) is 0 Å². The van der Waals surface area contributed by atoms with E-state index in [1.807, 2.05) is 36.2 Å². The summed E-state index contributed by atoms with van der Waals surface area (Å²) in [4.78, 5) is 1.81. The third-order valence-electron chi connectivity index (χ3n) is 3.16. The summed E-state index contributed by atoms with van der Waals surface area (Å²) in [6.45, 7) is 0. The van der Waals surface area contributed by atoms with Gasteiger partial charge in [0.1, 0.15) is 11.6 Å². The lowest BCUT2D eigenvalue weighted by atomic mass is 10.1. The summed E-state index contributed by atoms with van der Waals surface area (Å²) in [6.07, 6.45) is 0. The van der Waals surface area contributed by atoms with Crippen LogP contribution in [0.4, 0.5) is 15.8 Å². The molecule has 0 aromatic heterocycles. The Morgan fingerprint density at radius 3 is 2.48 bits per heavy atom. The number of hydrogen-bond acceptors (Lipinski definition) is 4. The number of anilines is 2. The molecule has 0 aliphatic carbocycles. The predicted octanol–water partition coefficient (Wildman–Crippen LogP) is 2.70. The molecule has 0 amide bonds. The number of nitrogens with zero attached hydrogens (tertiary/aromatic N) is 2. The van der Waals surface area contributed by atoms with Gasteiger partial charge >= 0.3 is 0 Å². The van der Waals surface area contributed by atoms with Gasteiger partial charge in [-0.25, -0.2) is 4.39 Å². The number of ether oxygens (including phenoxy) is 1. The predicted molar refractivity (Wildman–Crippen MR) is 80.0 cm³/mol. The summed E-state index contributed by atoms with van der Waals surface area (Å²) < 4.78 is 18.5. The van der Waals surface area contributed by atoms with Crippen LogP contribution in [-0.4, -0.2) is 25.2 Å². The SMILES string of the molecule is COc1ccc(N(C)c2ccc(F)cc2C(N)=NO)cc1. The Labute approximate surface area is 122 Å². The van der Waals surface area contributed by atoms with Crippen molar-refractivity contribution in [3.63, 3.8) is 0 Å². The zero-order chi connectivity index (χ0) is 15.4. The molecule has 0 aliphatic heterocycles. The van der Waals surface area contributed by atoms with E-state index in [0.717, 1.165) is 11.4 Å². The van der Waals surface area contributed by atoms with Gasteiger partial charge in [-0.15, -0.1) is 0 Å². The number of hydrogen-bond donors (Lipinski definition) is 2. The van der Waals surface area contributed by atoms with E-state index < -0.39 is 5.82 Å². The molecule has 0 fully saturated rings. The van der Waals surface area contributed by atoms with Gasteiger partial charge in [-0.3, -0.25) is 0 Å². The fourth-order valence-electron chi connectivity index (χ4n) is 2.00. The van der Waals surface area contributed by atoms with E-state index in [9.17, 15) is 4.39 Å². The Hall–Kier alpha value is -2.76. The van der Waals surface area contributed by atoms with Crippen LogP contribution in [0, 0.1) is 5.82 Å². The molecule has 0 radical (unpaired) electrons. The number of methoxy groups -OCH3 is 1. The molecule has 0 aliphatic rings. The van der Waals surface area contributed by atoms with Gasteiger partial charge in [0.15, 0.2) is 5.84 Å². The minimum atomic E-state index is -0.455. The smallest absolute Gasteiger partial charge is 0.172 e. The van der Waals surface area contributed by atoms with Crippen LogP contribution in [0.1, 0.15) is 5.56 Å². The number of halogens is 1. The Morgan fingerprint density at radius 2 is 1.90 bits per heavy atom. The average Bonchev–Trinajstić information content (AvgIpc) is 2.53. The first-order valence-corrected chi connectivity index (χ1v) is 6.22. The molecule has 0 saturated heterocycles. The summed E-state index contributed by atoms with van der Waals surface area (Å²) in [5.74, 6) is 0.135. The molecule has 6 heteroatoms. The van der Waals surface area contributed by atoms with Gasteiger partial charge in [0, 0.05) is 18.3 Å². The highest BCUT2D eigenvalue weighted by atomic mass is 19.1. The zero-order valence-corrected chi connectivity index (χ0v) is 11.7. The fraction of sp³-hybridized carbons (Fsp3) is 0.133. The number of oxime groups is 1. The standard InChI is InChI=1S/C15H16FN3O2/c1-19(11-4-6-12(21-2)7-5-11)14-8-3-10(16)9-13(14)15(17)18-20/h3-9,20H,1-2H3,(H2,17,18). The fourth-order valence-corrected chi connectivity index (χ4v) is 2.00. The van der Waals surface area contributed by atoms with E-state index >= 15 is 0 Å². The molecule has 0 heterocycles. The normalized spacial score (nSPS) is 11.3. The van der Waals surface area contributed by atoms with E-state index in [0.29, 0.717) is 11.3 Å². The molecule has 0 saturated carbocycles. The van der Waals surface area contributed by atoms with Crippen molar-refractivity contribution in [3.05, 3.63) is 53.8 Å². The molecule has 0 bridgehead atoms. The summed E-state index contributed by atoms with van der Waals surface area (Å²) in [5, 5.41) is 11.8. The summed E-state index contributed by atoms with van der Waals surface area (Å²) in [7, 11) is 3.40. The second-order valence-corrected chi connectivity index (χ2v) is 4.40. The minimum absolute atomic E-state index is 0.148. The van der Waals surface area contributed by atoms with Crippen LogP contribution in [0.2, 0.25) is 0 Å². The Morgan fingerprint density at radius 1 is 1.24 bits per heavy atom. The van der Waals surface area contributed by atoms with Crippen molar-refractivity contribution in [1.29, 1.82) is 0 Å². The molecular weight excluding hydrogens is 273 g/mol. The van der Waals surface area contributed by atoms with Gasteiger partial charge in [-0.2, -0.15) is 0 Å². The van der Waals surface area contributed by atoms with Crippen molar-refractivity contribution in [2.75, 3.05) is 19.1 Å². The van der Waals surface area contributed by atoms with Gasteiger partial charge in [-0.1, -0.05) is 5.16 Å². The Kier molecular flexibility index (Phi) is 4.27. The topological polar surface area (TPSA) is 71.1 Å². The quantitative estimate of drug-likeness (QED) is 0.393. The van der Waals surface area contributed by atoms with Crippen molar-refractivity contribution in [3.8, 4) is 5.75 Å². The van der Waals surface area contributed by atoms with E-state index in [1.54, 1.807) is 13.2 Å². The maximum absolute atomic E-state index is 13.4. The van der Waals surface area contributed by atoms with Gasteiger partial charge in [0.05, 0.1) is 12.8 Å². The van der Waals surface area contributed by atoms with Gasteiger partial charge < -0.3 is 20.6 Å². The van der Waals surface area contributed by atoms with E-state index in [2.05, 4.69) is 5.16 Å². The Bertz CT molecular complexity index is 656. The molecule has 5 nitrogen and oxygen atoms in total. The average molecular weight is 289 g/mol. The number of rotatable bonds is 4. The first-order valence-electron chi connectivity index (χ1n) is 6.22. The van der Waals surface area contributed by atoms with Crippen LogP contribution in [0.5, 0.6) is 5.75 Å². The highest BCUT2D eigenvalue weighted by molar-refractivity contribution is 6.02. The van der Waals surface area contributed by atoms with Crippen LogP contribution in [0.15, 0.2) is 47.6 Å². The van der Waals surface area contributed by atoms with E-state index in [-0.39, 0.29) is 5.84 Å². The van der Waals surface area contributed by atoms with Crippen LogP contribution >= 0.6 is 0 Å². The van der Waals surface area contributed by atoms with Gasteiger partial charge in [-0.05, 0) is 42.5 Å². The maximum Gasteiger partial charge on any atom is 0.172 e. The summed E-state index contributed by atoms with van der Waals surface area (Å²) in [6, 6.07) is 11.5. The molecule has 2 aromatic carbocycles. The molecule has 0 atom stereocenters. The molecule has 2 aromatic rings. The highest BCUT2D eigenvalue weighted by Crippen LogP contribution is 2.28. The number of nitrogens with two attached hydrogens (primary N) is 1. The second kappa shape index (κ2) is 6.13. The maximum atomic E-state index is 13.4. The third-order valence-corrected chi connectivity index (χ3v) is 3.16. The molecule has 3 N–H and O–H groups in total. The van der Waals surface area contributed by atoms with Crippen molar-refractivity contribution in [1.82, 2.24) is 0 Å². The molecular formula is C15H16FN3O2. The first-order chi connectivity index (χ1) is 10.1. The number of amidine groups is 1. The second-order valence-electron chi connectivity index (χ2n) is 4.40. The minimum Gasteiger partial charge on any atom is -0.497 e. The monoisotopic (exact) mass is 289 g/mol. The van der Waals surface area contributed by atoms with Crippen molar-refractivity contribution < 1.29 is 14.3 Å². The van der Waals surface area contributed by atoms with Crippen LogP contribution in [0.25, 0.3) is 0 Å². The lowest BCUT2D eigenvalue weighted by Crippen LogP contribution is -2.19. The van der Waals surface area contributed by atoms with Gasteiger partial charge in [0.2, 0.25) is 0 Å². The van der Waals surface area contributed by atoms with Crippen LogP contribution < -0.4 is 15.4 Å². The van der Waals surface area contributed by atoms with Crippen LogP contribution in [-0.2, 0) is 0 Å². The zero-order valence-electron chi connectivity index (χ0n) is 11.7. The van der Waals surface area contributed by atoms with E-state index in [1.165, 1.54) is 12.1 Å². The third kappa shape index (κ3) is 3.05. The van der Waals surface area contributed by atoms with Crippen molar-refractivity contribution in [2.45, 2.75) is 0 Å². The van der Waals surface area contributed by atoms with Gasteiger partial charge in [0.25, 0.3) is 0 Å². The molecule has 2 rings (SSSR count). The largest absolute Gasteiger partial charge is 0.497 e. The first kappa shape index (κ1) is 14.6.